The normalized spacial score (nSPS) is 10.5. The number of carbonyl (C=O) groups excluding carboxylic acids is 2. The van der Waals surface area contributed by atoms with Crippen LogP contribution in [-0.2, 0) is 22.6 Å². The van der Waals surface area contributed by atoms with Crippen molar-refractivity contribution >= 4 is 11.9 Å². The maximum Gasteiger partial charge on any atom is 0.373 e. The molecule has 0 unspecified atom stereocenters. The molecule has 0 aromatic carbocycles. The van der Waals surface area contributed by atoms with E-state index in [9.17, 15) is 9.59 Å². The monoisotopic (exact) mass is 305 g/mol. The highest BCUT2D eigenvalue weighted by molar-refractivity contribution is 5.91. The largest absolute Gasteiger partial charge is 0.463 e. The second-order valence-electron chi connectivity index (χ2n) is 4.86. The van der Waals surface area contributed by atoms with Crippen molar-refractivity contribution in [2.24, 2.45) is 0 Å². The van der Waals surface area contributed by atoms with Crippen molar-refractivity contribution in [2.75, 3.05) is 7.11 Å². The Bertz CT molecular complexity index is 695. The highest BCUT2D eigenvalue weighted by Crippen LogP contribution is 2.17. The third kappa shape index (κ3) is 3.05. The van der Waals surface area contributed by atoms with Gasteiger partial charge >= 0.3 is 11.9 Å². The van der Waals surface area contributed by atoms with E-state index in [-0.39, 0.29) is 12.4 Å². The minimum atomic E-state index is -0.566. The lowest BCUT2D eigenvalue weighted by Gasteiger charge is -2.06. The SMILES string of the molecule is CCn1c(C)cc(C(=O)OCc2ccc(C(=O)OC)o2)c1C. The number of nitrogens with zero attached hydrogens (tertiary/aromatic N) is 1. The highest BCUT2D eigenvalue weighted by atomic mass is 16.5. The van der Waals surface area contributed by atoms with E-state index in [2.05, 4.69) is 4.74 Å². The first kappa shape index (κ1) is 15.9. The molecule has 0 saturated heterocycles. The fourth-order valence-electron chi connectivity index (χ4n) is 2.37. The van der Waals surface area contributed by atoms with E-state index < -0.39 is 11.9 Å². The summed E-state index contributed by atoms with van der Waals surface area (Å²) in [5.41, 5.74) is 2.43. The Kier molecular flexibility index (Phi) is 4.70. The first-order chi connectivity index (χ1) is 10.5. The van der Waals surface area contributed by atoms with Gasteiger partial charge < -0.3 is 18.5 Å². The number of furan rings is 1. The third-order valence-electron chi connectivity index (χ3n) is 3.50. The van der Waals surface area contributed by atoms with Gasteiger partial charge in [-0.05, 0) is 39.0 Å². The number of esters is 2. The molecule has 2 heterocycles. The molecule has 0 fully saturated rings. The molecule has 2 aromatic heterocycles. The Balaban J connectivity index is 2.04. The standard InChI is InChI=1S/C16H19NO5/c1-5-17-10(2)8-13(11(17)3)15(18)21-9-12-6-7-14(22-12)16(19)20-4/h6-8H,5,9H2,1-4H3. The van der Waals surface area contributed by atoms with Crippen LogP contribution in [-0.4, -0.2) is 23.6 Å². The lowest BCUT2D eigenvalue weighted by atomic mass is 10.2. The van der Waals surface area contributed by atoms with Crippen LogP contribution in [0.25, 0.3) is 0 Å². The topological polar surface area (TPSA) is 70.7 Å². The summed E-state index contributed by atoms with van der Waals surface area (Å²) >= 11 is 0. The van der Waals surface area contributed by atoms with Crippen LogP contribution in [0.1, 0.15) is 45.0 Å². The molecule has 0 aliphatic heterocycles. The molecule has 0 radical (unpaired) electrons. The summed E-state index contributed by atoms with van der Waals surface area (Å²) in [6, 6.07) is 4.87. The quantitative estimate of drug-likeness (QED) is 0.794. The third-order valence-corrected chi connectivity index (χ3v) is 3.50. The van der Waals surface area contributed by atoms with Gasteiger partial charge in [0.05, 0.1) is 12.7 Å². The van der Waals surface area contributed by atoms with E-state index >= 15 is 0 Å². The van der Waals surface area contributed by atoms with Crippen LogP contribution in [0.4, 0.5) is 0 Å². The van der Waals surface area contributed by atoms with E-state index in [4.69, 9.17) is 9.15 Å². The Morgan fingerprint density at radius 3 is 2.55 bits per heavy atom. The molecule has 118 valence electrons. The van der Waals surface area contributed by atoms with Crippen molar-refractivity contribution in [2.45, 2.75) is 33.9 Å². The van der Waals surface area contributed by atoms with Gasteiger partial charge in [0.25, 0.3) is 0 Å². The molecule has 0 bridgehead atoms. The van der Waals surface area contributed by atoms with E-state index in [0.717, 1.165) is 17.9 Å². The van der Waals surface area contributed by atoms with E-state index in [0.29, 0.717) is 11.3 Å². The Labute approximate surface area is 128 Å². The molecule has 0 aliphatic carbocycles. The molecule has 0 aliphatic rings. The molecule has 0 saturated carbocycles. The van der Waals surface area contributed by atoms with Gasteiger partial charge in [-0.3, -0.25) is 0 Å². The number of aromatic nitrogens is 1. The predicted octanol–water partition coefficient (Wildman–Crippen LogP) is 2.86. The first-order valence-corrected chi connectivity index (χ1v) is 6.98. The summed E-state index contributed by atoms with van der Waals surface area (Å²) in [7, 11) is 1.27. The molecule has 0 spiro atoms. The van der Waals surface area contributed by atoms with Gasteiger partial charge in [0, 0.05) is 17.9 Å². The number of ether oxygens (including phenoxy) is 2. The predicted molar refractivity (Wildman–Crippen MR) is 78.7 cm³/mol. The molecular weight excluding hydrogens is 286 g/mol. The Morgan fingerprint density at radius 2 is 1.95 bits per heavy atom. The number of methoxy groups -OCH3 is 1. The van der Waals surface area contributed by atoms with Crippen LogP contribution in [0.15, 0.2) is 22.6 Å². The van der Waals surface area contributed by atoms with Crippen LogP contribution in [0, 0.1) is 13.8 Å². The van der Waals surface area contributed by atoms with E-state index in [1.165, 1.54) is 13.2 Å². The maximum absolute atomic E-state index is 12.1. The zero-order valence-corrected chi connectivity index (χ0v) is 13.1. The Hall–Kier alpha value is -2.50. The molecule has 0 amide bonds. The van der Waals surface area contributed by atoms with Gasteiger partial charge in [0.15, 0.2) is 0 Å². The van der Waals surface area contributed by atoms with Gasteiger partial charge in [-0.1, -0.05) is 0 Å². The fraction of sp³-hybridized carbons (Fsp3) is 0.375. The van der Waals surface area contributed by atoms with Crippen molar-refractivity contribution < 1.29 is 23.5 Å². The van der Waals surface area contributed by atoms with Crippen LogP contribution in [0.2, 0.25) is 0 Å². The molecule has 6 nitrogen and oxygen atoms in total. The van der Waals surface area contributed by atoms with Gasteiger partial charge in [0.2, 0.25) is 5.76 Å². The fourth-order valence-corrected chi connectivity index (χ4v) is 2.37. The van der Waals surface area contributed by atoms with Gasteiger partial charge in [-0.15, -0.1) is 0 Å². The van der Waals surface area contributed by atoms with Gasteiger partial charge in [-0.2, -0.15) is 0 Å². The smallest absolute Gasteiger partial charge is 0.373 e. The number of rotatable bonds is 5. The average molecular weight is 305 g/mol. The van der Waals surface area contributed by atoms with Crippen molar-refractivity contribution in [3.63, 3.8) is 0 Å². The van der Waals surface area contributed by atoms with Gasteiger partial charge in [-0.25, -0.2) is 9.59 Å². The Morgan fingerprint density at radius 1 is 1.23 bits per heavy atom. The summed E-state index contributed by atoms with van der Waals surface area (Å²) < 4.78 is 17.1. The lowest BCUT2D eigenvalue weighted by molar-refractivity contribution is 0.0437. The number of hydrogen-bond acceptors (Lipinski definition) is 5. The number of hydrogen-bond donors (Lipinski definition) is 0. The molecule has 0 N–H and O–H groups in total. The molecule has 2 rings (SSSR count). The molecular formula is C16H19NO5. The lowest BCUT2D eigenvalue weighted by Crippen LogP contribution is -2.07. The summed E-state index contributed by atoms with van der Waals surface area (Å²) in [4.78, 5) is 23.4. The first-order valence-electron chi connectivity index (χ1n) is 6.98. The molecule has 0 atom stereocenters. The number of aryl methyl sites for hydroxylation is 1. The zero-order chi connectivity index (χ0) is 16.3. The van der Waals surface area contributed by atoms with Crippen molar-refractivity contribution in [1.82, 2.24) is 4.57 Å². The minimum absolute atomic E-state index is 0.0361. The van der Waals surface area contributed by atoms with Crippen LogP contribution in [0.5, 0.6) is 0 Å². The second kappa shape index (κ2) is 6.51. The molecule has 22 heavy (non-hydrogen) atoms. The highest BCUT2D eigenvalue weighted by Gasteiger charge is 2.17. The maximum atomic E-state index is 12.1. The second-order valence-corrected chi connectivity index (χ2v) is 4.86. The van der Waals surface area contributed by atoms with Crippen LogP contribution >= 0.6 is 0 Å². The van der Waals surface area contributed by atoms with Crippen molar-refractivity contribution in [3.8, 4) is 0 Å². The summed E-state index contributed by atoms with van der Waals surface area (Å²) in [5, 5.41) is 0. The summed E-state index contributed by atoms with van der Waals surface area (Å²) in [6.07, 6.45) is 0. The zero-order valence-electron chi connectivity index (χ0n) is 13.1. The number of carbonyl (C=O) groups is 2. The van der Waals surface area contributed by atoms with Crippen LogP contribution in [0.3, 0.4) is 0 Å². The van der Waals surface area contributed by atoms with E-state index in [1.807, 2.05) is 31.4 Å². The van der Waals surface area contributed by atoms with E-state index in [1.54, 1.807) is 6.07 Å². The molecule has 6 heteroatoms. The van der Waals surface area contributed by atoms with Crippen molar-refractivity contribution in [1.29, 1.82) is 0 Å². The van der Waals surface area contributed by atoms with Gasteiger partial charge in [0.1, 0.15) is 12.4 Å². The van der Waals surface area contributed by atoms with Crippen molar-refractivity contribution in [3.05, 3.63) is 46.7 Å². The van der Waals surface area contributed by atoms with Crippen LogP contribution < -0.4 is 0 Å². The summed E-state index contributed by atoms with van der Waals surface area (Å²) in [5.74, 6) is -0.511. The molecule has 2 aromatic rings. The minimum Gasteiger partial charge on any atom is -0.463 e. The summed E-state index contributed by atoms with van der Waals surface area (Å²) in [6.45, 7) is 6.61. The average Bonchev–Trinajstić information content (AvgIpc) is 3.09.